The van der Waals surface area contributed by atoms with Crippen LogP contribution < -0.4 is 0 Å². The molecule has 0 amide bonds. The van der Waals surface area contributed by atoms with Gasteiger partial charge >= 0.3 is 0 Å². The van der Waals surface area contributed by atoms with Gasteiger partial charge < -0.3 is 0 Å². The molecule has 1 aromatic heterocycles. The van der Waals surface area contributed by atoms with Crippen LogP contribution >= 0.6 is 0 Å². The summed E-state index contributed by atoms with van der Waals surface area (Å²) >= 11 is 0. The molecule has 5 rings (SSSR count). The van der Waals surface area contributed by atoms with E-state index in [1.807, 2.05) is 6.20 Å². The van der Waals surface area contributed by atoms with Crippen molar-refractivity contribution >= 4 is 0 Å². The van der Waals surface area contributed by atoms with Crippen molar-refractivity contribution in [3.05, 3.63) is 29.6 Å². The first kappa shape index (κ1) is 13.6. The monoisotopic (exact) mass is 285 g/mol. The van der Waals surface area contributed by atoms with Crippen LogP contribution in [0.5, 0.6) is 0 Å². The Labute approximate surface area is 127 Å². The molecule has 0 aromatic carbocycles. The number of H-pyrrole nitrogens is 1. The molecule has 2 bridgehead atoms. The number of nitrogens with one attached hydrogen (secondary N) is 1. The van der Waals surface area contributed by atoms with Gasteiger partial charge in [0.25, 0.3) is 0 Å². The van der Waals surface area contributed by atoms with Crippen LogP contribution in [0.1, 0.15) is 51.1 Å². The van der Waals surface area contributed by atoms with Crippen LogP contribution in [0.2, 0.25) is 0 Å². The molecule has 3 aliphatic carbocycles. The predicted molar refractivity (Wildman–Crippen MR) is 85.1 cm³/mol. The Morgan fingerprint density at radius 3 is 3.05 bits per heavy atom. The molecule has 3 atom stereocenters. The molecule has 1 saturated heterocycles. The Hall–Kier alpha value is -1.09. The van der Waals surface area contributed by atoms with Crippen LogP contribution in [0, 0.1) is 17.3 Å². The molecule has 1 N–H and O–H groups in total. The molecule has 3 heteroatoms. The summed E-state index contributed by atoms with van der Waals surface area (Å²) in [6.07, 6.45) is 9.81. The highest BCUT2D eigenvalue weighted by molar-refractivity contribution is 5.24. The molecule has 0 radical (unpaired) electrons. The summed E-state index contributed by atoms with van der Waals surface area (Å²) in [4.78, 5) is 2.68. The number of nitrogens with zero attached hydrogens (tertiary/aromatic N) is 2. The van der Waals surface area contributed by atoms with Gasteiger partial charge in [-0.2, -0.15) is 5.10 Å². The first-order valence-electron chi connectivity index (χ1n) is 8.55. The second-order valence-corrected chi connectivity index (χ2v) is 7.91. The smallest absolute Gasteiger partial charge is 0.0490 e. The maximum absolute atomic E-state index is 4.12. The number of allylic oxidation sites excluding steroid dienone is 1. The molecular weight excluding hydrogens is 258 g/mol. The van der Waals surface area contributed by atoms with E-state index in [-0.39, 0.29) is 0 Å². The second kappa shape index (κ2) is 4.98. The summed E-state index contributed by atoms with van der Waals surface area (Å²) in [7, 11) is 0. The predicted octanol–water partition coefficient (Wildman–Crippen LogP) is 3.58. The minimum atomic E-state index is 0.558. The van der Waals surface area contributed by atoms with Crippen LogP contribution in [0.15, 0.2) is 23.9 Å². The number of aromatic nitrogens is 2. The lowest BCUT2D eigenvalue weighted by atomic mass is 9.49. The molecule has 1 aromatic rings. The van der Waals surface area contributed by atoms with Crippen molar-refractivity contribution in [3.8, 4) is 0 Å². The Kier molecular flexibility index (Phi) is 3.21. The van der Waals surface area contributed by atoms with E-state index in [4.69, 9.17) is 0 Å². The topological polar surface area (TPSA) is 31.9 Å². The van der Waals surface area contributed by atoms with Crippen molar-refractivity contribution in [2.45, 2.75) is 45.4 Å². The van der Waals surface area contributed by atoms with Gasteiger partial charge in [0.2, 0.25) is 0 Å². The van der Waals surface area contributed by atoms with Crippen molar-refractivity contribution < 1.29 is 0 Å². The highest BCUT2D eigenvalue weighted by Crippen LogP contribution is 2.59. The third-order valence-corrected chi connectivity index (χ3v) is 6.46. The largest absolute Gasteiger partial charge is 0.299 e. The van der Waals surface area contributed by atoms with Gasteiger partial charge in [0, 0.05) is 30.9 Å². The van der Waals surface area contributed by atoms with E-state index >= 15 is 0 Å². The van der Waals surface area contributed by atoms with Crippen LogP contribution in [-0.4, -0.2) is 34.7 Å². The van der Waals surface area contributed by atoms with Crippen molar-refractivity contribution in [1.29, 1.82) is 0 Å². The molecule has 21 heavy (non-hydrogen) atoms. The fraction of sp³-hybridized carbons (Fsp3) is 0.722. The summed E-state index contributed by atoms with van der Waals surface area (Å²) in [6, 6.07) is 2.15. The zero-order chi connectivity index (χ0) is 14.4. The number of likely N-dealkylation sites (tertiary alicyclic amines) is 1. The molecule has 2 fully saturated rings. The van der Waals surface area contributed by atoms with E-state index in [1.54, 1.807) is 5.57 Å². The average Bonchev–Trinajstić information content (AvgIpc) is 3.02. The maximum Gasteiger partial charge on any atom is 0.0490 e. The van der Waals surface area contributed by atoms with Crippen molar-refractivity contribution in [3.63, 3.8) is 0 Å². The van der Waals surface area contributed by atoms with Gasteiger partial charge in [-0.25, -0.2) is 0 Å². The van der Waals surface area contributed by atoms with E-state index in [2.05, 4.69) is 41.1 Å². The van der Waals surface area contributed by atoms with Gasteiger partial charge in [0.15, 0.2) is 0 Å². The number of piperidine rings is 1. The van der Waals surface area contributed by atoms with Gasteiger partial charge in [0.05, 0.1) is 0 Å². The highest BCUT2D eigenvalue weighted by Gasteiger charge is 2.51. The third-order valence-electron chi connectivity index (χ3n) is 6.46. The molecule has 0 spiro atoms. The number of aromatic amines is 1. The third kappa shape index (κ3) is 2.26. The molecule has 2 heterocycles. The fourth-order valence-electron chi connectivity index (χ4n) is 4.86. The summed E-state index contributed by atoms with van der Waals surface area (Å²) in [6.45, 7) is 8.60. The Morgan fingerprint density at radius 1 is 1.43 bits per heavy atom. The van der Waals surface area contributed by atoms with Crippen LogP contribution in [-0.2, 0) is 0 Å². The Morgan fingerprint density at radius 2 is 2.33 bits per heavy atom. The van der Waals surface area contributed by atoms with Gasteiger partial charge in [-0.05, 0) is 55.5 Å². The van der Waals surface area contributed by atoms with Gasteiger partial charge in [-0.15, -0.1) is 0 Å². The van der Waals surface area contributed by atoms with Crippen molar-refractivity contribution in [1.82, 2.24) is 15.1 Å². The average molecular weight is 285 g/mol. The standard InChI is InChI=1S/C18H27N3/c1-18(2)15-6-5-13(16(18)10-15)11-21-9-3-4-14(12-21)17-7-8-19-20-17/h5,7-8,14-16H,3-4,6,9-12H2,1-2H3,(H,19,20)/t14-,15+,16+/m1/s1. The van der Waals surface area contributed by atoms with E-state index in [0.717, 1.165) is 11.8 Å². The number of hydrogen-bond donors (Lipinski definition) is 1. The minimum Gasteiger partial charge on any atom is -0.299 e. The molecule has 1 saturated carbocycles. The molecular formula is C18H27N3. The van der Waals surface area contributed by atoms with Crippen LogP contribution in [0.4, 0.5) is 0 Å². The molecule has 0 unspecified atom stereocenters. The zero-order valence-corrected chi connectivity index (χ0v) is 13.3. The highest BCUT2D eigenvalue weighted by atomic mass is 15.1. The second-order valence-electron chi connectivity index (χ2n) is 7.91. The summed E-state index contributed by atoms with van der Waals surface area (Å²) in [5, 5.41) is 7.29. The van der Waals surface area contributed by atoms with E-state index in [9.17, 15) is 0 Å². The Bertz CT molecular complexity index is 529. The first-order chi connectivity index (χ1) is 10.1. The molecule has 4 aliphatic rings. The van der Waals surface area contributed by atoms with Crippen LogP contribution in [0.25, 0.3) is 0 Å². The number of rotatable bonds is 3. The zero-order valence-electron chi connectivity index (χ0n) is 13.3. The summed E-state index contributed by atoms with van der Waals surface area (Å²) in [5.41, 5.74) is 3.61. The van der Waals surface area contributed by atoms with Gasteiger partial charge in [0.1, 0.15) is 0 Å². The number of hydrogen-bond acceptors (Lipinski definition) is 2. The summed E-state index contributed by atoms with van der Waals surface area (Å²) < 4.78 is 0. The van der Waals surface area contributed by atoms with Gasteiger partial charge in [-0.1, -0.05) is 25.5 Å². The molecule has 3 nitrogen and oxygen atoms in total. The fourth-order valence-corrected chi connectivity index (χ4v) is 4.86. The lowest BCUT2D eigenvalue weighted by Crippen LogP contribution is -2.50. The number of fused-ring (bicyclic) bond motifs is 1. The van der Waals surface area contributed by atoms with E-state index < -0.39 is 0 Å². The molecule has 1 aliphatic heterocycles. The Balaban J connectivity index is 1.42. The SMILES string of the molecule is CC1(C)[C@H]2CC=C(CN3CCC[C@@H](c4ccn[nH]4)C3)[C@@H]1C2. The quantitative estimate of drug-likeness (QED) is 0.861. The lowest BCUT2D eigenvalue weighted by Gasteiger charge is -2.57. The molecule has 114 valence electrons. The van der Waals surface area contributed by atoms with E-state index in [1.165, 1.54) is 51.0 Å². The maximum atomic E-state index is 4.12. The normalized spacial score (nSPS) is 35.1. The lowest BCUT2D eigenvalue weighted by molar-refractivity contribution is -0.0113. The van der Waals surface area contributed by atoms with Crippen molar-refractivity contribution in [2.24, 2.45) is 17.3 Å². The van der Waals surface area contributed by atoms with Crippen molar-refractivity contribution in [2.75, 3.05) is 19.6 Å². The van der Waals surface area contributed by atoms with E-state index in [0.29, 0.717) is 11.3 Å². The minimum absolute atomic E-state index is 0.558. The summed E-state index contributed by atoms with van der Waals surface area (Å²) in [5.74, 6) is 2.45. The first-order valence-corrected chi connectivity index (χ1v) is 8.55. The van der Waals surface area contributed by atoms with Gasteiger partial charge in [-0.3, -0.25) is 10.00 Å². The van der Waals surface area contributed by atoms with Crippen LogP contribution in [0.3, 0.4) is 0 Å².